The van der Waals surface area contributed by atoms with Crippen molar-refractivity contribution in [2.24, 2.45) is 7.05 Å². The first-order valence-corrected chi connectivity index (χ1v) is 14.0. The molecule has 0 bridgehead atoms. The summed E-state index contributed by atoms with van der Waals surface area (Å²) < 4.78 is 19.8. The van der Waals surface area contributed by atoms with Gasteiger partial charge < -0.3 is 19.2 Å². The molecule has 1 saturated carbocycles. The zero-order chi connectivity index (χ0) is 29.9. The average Bonchev–Trinajstić information content (AvgIpc) is 3.82. The van der Waals surface area contributed by atoms with Crippen LogP contribution in [0.3, 0.4) is 0 Å². The zero-order valence-corrected chi connectivity index (χ0v) is 24.1. The molecule has 1 aliphatic carbocycles. The molecule has 0 spiro atoms. The van der Waals surface area contributed by atoms with Crippen molar-refractivity contribution >= 4 is 17.8 Å². The van der Waals surface area contributed by atoms with Crippen molar-refractivity contribution in [2.75, 3.05) is 12.4 Å². The molecule has 2 N–H and O–H groups in total. The highest BCUT2D eigenvalue weighted by Gasteiger charge is 2.38. The Morgan fingerprint density at radius 1 is 1.00 bits per heavy atom. The van der Waals surface area contributed by atoms with Crippen LogP contribution in [0.5, 0.6) is 5.95 Å². The van der Waals surface area contributed by atoms with Crippen LogP contribution in [-0.2, 0) is 11.8 Å². The largest absolute Gasteiger partial charge is 0.463 e. The van der Waals surface area contributed by atoms with Crippen LogP contribution in [0, 0.1) is 6.92 Å². The SMILES string of the molecule is COC(=O)c1ccc(O[C@@H]2C[C@@H](NC(=O)Nc3c(C)c(-c4cnn(C)c4)nn3-c3ccccc3)[C@H](c3ccccc3)C2)o1. The fourth-order valence-corrected chi connectivity index (χ4v) is 5.60. The van der Waals surface area contributed by atoms with E-state index in [1.807, 2.05) is 68.7 Å². The molecular formula is C32H32N6O5. The van der Waals surface area contributed by atoms with Crippen LogP contribution < -0.4 is 15.4 Å². The van der Waals surface area contributed by atoms with Gasteiger partial charge in [-0.15, -0.1) is 0 Å². The second kappa shape index (κ2) is 11.9. The molecular weight excluding hydrogens is 548 g/mol. The van der Waals surface area contributed by atoms with Crippen LogP contribution in [0.15, 0.2) is 89.6 Å². The minimum Gasteiger partial charge on any atom is -0.463 e. The Morgan fingerprint density at radius 3 is 2.44 bits per heavy atom. The van der Waals surface area contributed by atoms with Crippen LogP contribution in [0.1, 0.15) is 40.4 Å². The lowest BCUT2D eigenvalue weighted by atomic mass is 9.94. The van der Waals surface area contributed by atoms with E-state index in [-0.39, 0.29) is 35.8 Å². The predicted octanol–water partition coefficient (Wildman–Crippen LogP) is 5.48. The van der Waals surface area contributed by atoms with E-state index in [0.717, 1.165) is 28.1 Å². The van der Waals surface area contributed by atoms with Crippen LogP contribution in [0.4, 0.5) is 10.6 Å². The number of aromatic nitrogens is 4. The number of amides is 2. The molecule has 3 atom stereocenters. The second-order valence-corrected chi connectivity index (χ2v) is 10.5. The van der Waals surface area contributed by atoms with Gasteiger partial charge in [0.2, 0.25) is 5.76 Å². The molecule has 0 aliphatic heterocycles. The number of rotatable bonds is 8. The third kappa shape index (κ3) is 5.87. The minimum atomic E-state index is -0.573. The van der Waals surface area contributed by atoms with Gasteiger partial charge >= 0.3 is 12.0 Å². The van der Waals surface area contributed by atoms with Crippen LogP contribution in [-0.4, -0.2) is 50.8 Å². The Morgan fingerprint density at radius 2 is 1.74 bits per heavy atom. The molecule has 2 aromatic carbocycles. The van der Waals surface area contributed by atoms with Gasteiger partial charge in [-0.2, -0.15) is 10.2 Å². The highest BCUT2D eigenvalue weighted by molar-refractivity contribution is 5.91. The Kier molecular flexibility index (Phi) is 7.69. The first-order valence-electron chi connectivity index (χ1n) is 14.0. The van der Waals surface area contributed by atoms with E-state index < -0.39 is 5.97 Å². The number of nitrogens with one attached hydrogen (secondary N) is 2. The lowest BCUT2D eigenvalue weighted by molar-refractivity contribution is 0.0550. The van der Waals surface area contributed by atoms with E-state index in [1.54, 1.807) is 21.6 Å². The van der Waals surface area contributed by atoms with Crippen molar-refractivity contribution in [1.82, 2.24) is 24.9 Å². The van der Waals surface area contributed by atoms with Crippen LogP contribution in [0.2, 0.25) is 0 Å². The van der Waals surface area contributed by atoms with Crippen molar-refractivity contribution in [1.29, 1.82) is 0 Å². The van der Waals surface area contributed by atoms with Crippen molar-refractivity contribution in [3.63, 3.8) is 0 Å². The molecule has 11 nitrogen and oxygen atoms in total. The summed E-state index contributed by atoms with van der Waals surface area (Å²) in [6.45, 7) is 1.93. The summed E-state index contributed by atoms with van der Waals surface area (Å²) in [5.41, 5.74) is 4.31. The molecule has 0 unspecified atom stereocenters. The maximum Gasteiger partial charge on any atom is 0.374 e. The number of carbonyl (C=O) groups is 2. The Bertz CT molecular complexity index is 1730. The number of carbonyl (C=O) groups excluding carboxylic acids is 2. The van der Waals surface area contributed by atoms with Gasteiger partial charge in [0.1, 0.15) is 17.6 Å². The number of nitrogens with zero attached hydrogens (tertiary/aromatic N) is 4. The molecule has 220 valence electrons. The van der Waals surface area contributed by atoms with E-state index >= 15 is 0 Å². The summed E-state index contributed by atoms with van der Waals surface area (Å²) in [4.78, 5) is 25.4. The highest BCUT2D eigenvalue weighted by Crippen LogP contribution is 2.38. The number of ether oxygens (including phenoxy) is 2. The molecule has 0 radical (unpaired) electrons. The number of methoxy groups -OCH3 is 1. The number of aryl methyl sites for hydroxylation is 1. The summed E-state index contributed by atoms with van der Waals surface area (Å²) in [6.07, 6.45) is 4.59. The summed E-state index contributed by atoms with van der Waals surface area (Å²) in [5.74, 6) is 0.290. The molecule has 1 aliphatic rings. The topological polar surface area (TPSA) is 125 Å². The fraction of sp³-hybridized carbons (Fsp3) is 0.250. The third-order valence-corrected chi connectivity index (χ3v) is 7.65. The number of hydrogen-bond donors (Lipinski definition) is 2. The van der Waals surface area contributed by atoms with Gasteiger partial charge in [0, 0.05) is 48.8 Å². The van der Waals surface area contributed by atoms with Crippen molar-refractivity contribution < 1.29 is 23.5 Å². The Labute approximate surface area is 248 Å². The van der Waals surface area contributed by atoms with Gasteiger partial charge in [-0.3, -0.25) is 10.00 Å². The predicted molar refractivity (Wildman–Crippen MR) is 159 cm³/mol. The summed E-state index contributed by atoms with van der Waals surface area (Å²) in [6, 6.07) is 22.2. The number of urea groups is 1. The normalized spacial score (nSPS) is 17.9. The van der Waals surface area contributed by atoms with E-state index in [4.69, 9.17) is 19.0 Å². The molecule has 3 heterocycles. The Hall–Kier alpha value is -5.32. The van der Waals surface area contributed by atoms with Crippen molar-refractivity contribution in [3.8, 4) is 22.9 Å². The smallest absolute Gasteiger partial charge is 0.374 e. The minimum absolute atomic E-state index is 0.00178. The molecule has 5 aromatic rings. The van der Waals surface area contributed by atoms with E-state index in [1.165, 1.54) is 13.2 Å². The average molecular weight is 581 g/mol. The summed E-state index contributed by atoms with van der Waals surface area (Å²) in [5, 5.41) is 15.4. The standard InChI is InChI=1S/C32H32N6O5/c1-20-29(22-18-33-37(2)19-22)36-38(23-12-8-5-9-13-23)30(20)35-32(40)34-26-17-24(16-25(26)21-10-6-4-7-11-21)42-28-15-14-27(43-28)31(39)41-3/h4-15,18-19,24-26H,16-17H2,1-3H3,(H2,34,35,40)/t24-,25-,26+/m0/s1. The second-order valence-electron chi connectivity index (χ2n) is 10.5. The van der Waals surface area contributed by atoms with Gasteiger partial charge in [0.05, 0.1) is 19.0 Å². The highest BCUT2D eigenvalue weighted by atomic mass is 16.6. The number of benzene rings is 2. The maximum atomic E-state index is 13.6. The summed E-state index contributed by atoms with van der Waals surface area (Å²) in [7, 11) is 3.15. The van der Waals surface area contributed by atoms with E-state index in [9.17, 15) is 9.59 Å². The first kappa shape index (κ1) is 27.8. The van der Waals surface area contributed by atoms with Gasteiger partial charge in [-0.25, -0.2) is 14.3 Å². The molecule has 11 heteroatoms. The number of para-hydroxylation sites is 1. The molecule has 6 rings (SSSR count). The lowest BCUT2D eigenvalue weighted by Gasteiger charge is -2.21. The number of anilines is 1. The summed E-state index contributed by atoms with van der Waals surface area (Å²) >= 11 is 0. The molecule has 0 saturated heterocycles. The van der Waals surface area contributed by atoms with Crippen molar-refractivity contribution in [3.05, 3.63) is 102 Å². The monoisotopic (exact) mass is 580 g/mol. The van der Waals surface area contributed by atoms with Gasteiger partial charge in [-0.1, -0.05) is 48.5 Å². The third-order valence-electron chi connectivity index (χ3n) is 7.65. The quantitative estimate of drug-likeness (QED) is 0.233. The van der Waals surface area contributed by atoms with Crippen LogP contribution >= 0.6 is 0 Å². The van der Waals surface area contributed by atoms with Gasteiger partial charge in [0.25, 0.3) is 5.95 Å². The Balaban J connectivity index is 1.24. The van der Waals surface area contributed by atoms with Crippen LogP contribution in [0.25, 0.3) is 16.9 Å². The molecule has 1 fully saturated rings. The number of esters is 1. The molecule has 2 amide bonds. The van der Waals surface area contributed by atoms with Gasteiger partial charge in [0.15, 0.2) is 0 Å². The van der Waals surface area contributed by atoms with Gasteiger partial charge in [-0.05, 0) is 37.1 Å². The lowest BCUT2D eigenvalue weighted by Crippen LogP contribution is -2.40. The van der Waals surface area contributed by atoms with E-state index in [2.05, 4.69) is 27.9 Å². The number of furan rings is 1. The van der Waals surface area contributed by atoms with Crippen molar-refractivity contribution in [2.45, 2.75) is 37.8 Å². The molecule has 43 heavy (non-hydrogen) atoms. The maximum absolute atomic E-state index is 13.6. The first-order chi connectivity index (χ1) is 20.9. The number of hydrogen-bond acceptors (Lipinski definition) is 7. The zero-order valence-electron chi connectivity index (χ0n) is 24.1. The van der Waals surface area contributed by atoms with E-state index in [0.29, 0.717) is 18.7 Å². The molecule has 3 aromatic heterocycles. The fourth-order valence-electron chi connectivity index (χ4n) is 5.60.